The standard InChI is InChI=1S/C27H35N5O3/c1-31-16-17-32(27(29)35)24(19-31)23(18-21-10-6-3-7-11-21)26(34)30-22(14-15-25(28)33)13-12-20-8-4-2-5-9-20/h2-11,14-15,22-24H,12-13,16-19H2,1H3,(H2,28,33)(H2,29,35)(H,30,34)/b15-14+/t22-,23-,24?/m0/s1. The zero-order chi connectivity index (χ0) is 25.2. The van der Waals surface area contributed by atoms with Crippen molar-refractivity contribution in [1.82, 2.24) is 15.1 Å². The van der Waals surface area contributed by atoms with Crippen LogP contribution in [0, 0.1) is 5.92 Å². The summed E-state index contributed by atoms with van der Waals surface area (Å²) in [7, 11) is 1.97. The van der Waals surface area contributed by atoms with E-state index in [4.69, 9.17) is 11.5 Å². The van der Waals surface area contributed by atoms with Crippen LogP contribution in [0.1, 0.15) is 17.5 Å². The zero-order valence-corrected chi connectivity index (χ0v) is 20.2. The molecule has 2 aromatic rings. The van der Waals surface area contributed by atoms with Crippen molar-refractivity contribution < 1.29 is 14.4 Å². The Morgan fingerprint density at radius 2 is 1.63 bits per heavy atom. The number of carbonyl (C=O) groups is 3. The Balaban J connectivity index is 1.84. The highest BCUT2D eigenvalue weighted by Crippen LogP contribution is 2.22. The molecule has 0 saturated carbocycles. The van der Waals surface area contributed by atoms with E-state index in [-0.39, 0.29) is 11.9 Å². The van der Waals surface area contributed by atoms with Crippen molar-refractivity contribution >= 4 is 17.8 Å². The minimum Gasteiger partial charge on any atom is -0.366 e. The van der Waals surface area contributed by atoms with Crippen LogP contribution < -0.4 is 16.8 Å². The van der Waals surface area contributed by atoms with E-state index in [2.05, 4.69) is 10.2 Å². The maximum absolute atomic E-state index is 13.7. The number of primary amides is 2. The summed E-state index contributed by atoms with van der Waals surface area (Å²) < 4.78 is 0. The molecular weight excluding hydrogens is 442 g/mol. The third-order valence-electron chi connectivity index (χ3n) is 6.41. The van der Waals surface area contributed by atoms with Gasteiger partial charge in [0.1, 0.15) is 0 Å². The monoisotopic (exact) mass is 477 g/mol. The number of nitrogens with one attached hydrogen (secondary N) is 1. The van der Waals surface area contributed by atoms with Gasteiger partial charge < -0.3 is 26.6 Å². The van der Waals surface area contributed by atoms with Crippen molar-refractivity contribution in [2.45, 2.75) is 31.3 Å². The van der Waals surface area contributed by atoms with Gasteiger partial charge in [0, 0.05) is 31.8 Å². The van der Waals surface area contributed by atoms with Gasteiger partial charge >= 0.3 is 6.03 Å². The molecule has 2 aromatic carbocycles. The number of amides is 4. The molecule has 1 aliphatic heterocycles. The highest BCUT2D eigenvalue weighted by molar-refractivity contribution is 5.86. The molecule has 5 N–H and O–H groups in total. The summed E-state index contributed by atoms with van der Waals surface area (Å²) in [5, 5.41) is 3.10. The molecule has 3 atom stereocenters. The molecule has 1 heterocycles. The quantitative estimate of drug-likeness (QED) is 0.451. The van der Waals surface area contributed by atoms with Crippen LogP contribution in [0.5, 0.6) is 0 Å². The first-order valence-corrected chi connectivity index (χ1v) is 11.9. The average Bonchev–Trinajstić information content (AvgIpc) is 2.85. The van der Waals surface area contributed by atoms with Gasteiger partial charge in [-0.05, 0) is 37.4 Å². The molecule has 8 nitrogen and oxygen atoms in total. The number of nitrogens with zero attached hydrogens (tertiary/aromatic N) is 2. The summed E-state index contributed by atoms with van der Waals surface area (Å²) in [4.78, 5) is 41.1. The second-order valence-electron chi connectivity index (χ2n) is 9.06. The Kier molecular flexibility index (Phi) is 9.43. The first kappa shape index (κ1) is 26.0. The number of hydrogen-bond acceptors (Lipinski definition) is 4. The third kappa shape index (κ3) is 7.96. The molecule has 0 bridgehead atoms. The second kappa shape index (κ2) is 12.7. The number of likely N-dealkylation sites (N-methyl/N-ethyl adjacent to an activating group) is 1. The number of carbonyl (C=O) groups excluding carboxylic acids is 3. The van der Waals surface area contributed by atoms with Crippen molar-refractivity contribution in [2.24, 2.45) is 17.4 Å². The summed E-state index contributed by atoms with van der Waals surface area (Å²) in [6, 6.07) is 18.4. The summed E-state index contributed by atoms with van der Waals surface area (Å²) in [5.41, 5.74) is 13.2. The molecule has 0 aromatic heterocycles. The molecule has 35 heavy (non-hydrogen) atoms. The summed E-state index contributed by atoms with van der Waals surface area (Å²) in [5.74, 6) is -1.28. The van der Waals surface area contributed by atoms with E-state index in [9.17, 15) is 14.4 Å². The molecule has 186 valence electrons. The number of aryl methyl sites for hydroxylation is 1. The Hall–Kier alpha value is -3.65. The van der Waals surface area contributed by atoms with Crippen molar-refractivity contribution in [1.29, 1.82) is 0 Å². The third-order valence-corrected chi connectivity index (χ3v) is 6.41. The van der Waals surface area contributed by atoms with E-state index in [1.165, 1.54) is 6.08 Å². The van der Waals surface area contributed by atoms with Gasteiger partial charge in [-0.2, -0.15) is 0 Å². The molecule has 1 saturated heterocycles. The maximum Gasteiger partial charge on any atom is 0.315 e. The van der Waals surface area contributed by atoms with Gasteiger partial charge in [-0.1, -0.05) is 66.7 Å². The Morgan fingerprint density at radius 1 is 1.00 bits per heavy atom. The summed E-state index contributed by atoms with van der Waals surface area (Å²) in [6.45, 7) is 1.70. The van der Waals surface area contributed by atoms with Gasteiger partial charge in [-0.3, -0.25) is 9.59 Å². The molecule has 1 unspecified atom stereocenters. The lowest BCUT2D eigenvalue weighted by Gasteiger charge is -2.42. The van der Waals surface area contributed by atoms with Crippen molar-refractivity contribution in [3.05, 3.63) is 83.9 Å². The van der Waals surface area contributed by atoms with Crippen molar-refractivity contribution in [2.75, 3.05) is 26.7 Å². The molecule has 8 heteroatoms. The van der Waals surface area contributed by atoms with Crippen LogP contribution in [0.25, 0.3) is 0 Å². The number of hydrogen-bond donors (Lipinski definition) is 3. The molecule has 1 aliphatic rings. The molecule has 3 rings (SSSR count). The van der Waals surface area contributed by atoms with Gasteiger partial charge in [-0.15, -0.1) is 0 Å². The number of nitrogens with two attached hydrogens (primary N) is 2. The van der Waals surface area contributed by atoms with E-state index in [1.54, 1.807) is 11.0 Å². The molecule has 1 fully saturated rings. The smallest absolute Gasteiger partial charge is 0.315 e. The zero-order valence-electron chi connectivity index (χ0n) is 20.2. The fourth-order valence-electron chi connectivity index (χ4n) is 4.53. The van der Waals surface area contributed by atoms with Crippen LogP contribution in [0.4, 0.5) is 4.79 Å². The van der Waals surface area contributed by atoms with Gasteiger partial charge in [0.2, 0.25) is 11.8 Å². The lowest BCUT2D eigenvalue weighted by atomic mass is 9.88. The molecule has 0 radical (unpaired) electrons. The van der Waals surface area contributed by atoms with Gasteiger partial charge in [0.15, 0.2) is 0 Å². The predicted molar refractivity (Wildman–Crippen MR) is 136 cm³/mol. The van der Waals surface area contributed by atoms with E-state index < -0.39 is 23.9 Å². The van der Waals surface area contributed by atoms with Gasteiger partial charge in [-0.25, -0.2) is 4.79 Å². The first-order chi connectivity index (χ1) is 16.8. The lowest BCUT2D eigenvalue weighted by molar-refractivity contribution is -0.128. The number of urea groups is 1. The summed E-state index contributed by atoms with van der Waals surface area (Å²) >= 11 is 0. The van der Waals surface area contributed by atoms with Crippen LogP contribution in [-0.2, 0) is 22.4 Å². The average molecular weight is 478 g/mol. The van der Waals surface area contributed by atoms with Crippen molar-refractivity contribution in [3.63, 3.8) is 0 Å². The number of benzene rings is 2. The fraction of sp³-hybridized carbons (Fsp3) is 0.370. The van der Waals surface area contributed by atoms with E-state index in [1.807, 2.05) is 67.7 Å². The molecular formula is C27H35N5O3. The van der Waals surface area contributed by atoms with E-state index >= 15 is 0 Å². The van der Waals surface area contributed by atoms with E-state index in [0.717, 1.165) is 17.5 Å². The van der Waals surface area contributed by atoms with Gasteiger partial charge in [0.25, 0.3) is 0 Å². The molecule has 0 spiro atoms. The number of piperazine rings is 1. The van der Waals surface area contributed by atoms with Gasteiger partial charge in [0.05, 0.1) is 12.0 Å². The minimum absolute atomic E-state index is 0.187. The minimum atomic E-state index is -0.571. The SMILES string of the molecule is CN1CCN(C(N)=O)C([C@H](Cc2ccccc2)C(=O)N[C@H](/C=C/C(N)=O)CCc2ccccc2)C1. The van der Waals surface area contributed by atoms with Crippen LogP contribution in [0.3, 0.4) is 0 Å². The Bertz CT molecular complexity index is 1010. The van der Waals surface area contributed by atoms with Crippen LogP contribution in [0.15, 0.2) is 72.8 Å². The lowest BCUT2D eigenvalue weighted by Crippen LogP contribution is -2.61. The predicted octanol–water partition coefficient (Wildman–Crippen LogP) is 1.70. The van der Waals surface area contributed by atoms with Crippen LogP contribution in [-0.4, -0.2) is 66.4 Å². The van der Waals surface area contributed by atoms with Crippen LogP contribution in [0.2, 0.25) is 0 Å². The largest absolute Gasteiger partial charge is 0.366 e. The van der Waals surface area contributed by atoms with Crippen molar-refractivity contribution in [3.8, 4) is 0 Å². The fourth-order valence-corrected chi connectivity index (χ4v) is 4.53. The number of rotatable bonds is 10. The second-order valence-corrected chi connectivity index (χ2v) is 9.06. The van der Waals surface area contributed by atoms with Crippen LogP contribution >= 0.6 is 0 Å². The first-order valence-electron chi connectivity index (χ1n) is 11.9. The topological polar surface area (TPSA) is 122 Å². The Labute approximate surface area is 207 Å². The highest BCUT2D eigenvalue weighted by atomic mass is 16.2. The molecule has 4 amide bonds. The molecule has 0 aliphatic carbocycles. The maximum atomic E-state index is 13.7. The van der Waals surface area contributed by atoms with E-state index in [0.29, 0.717) is 32.5 Å². The Morgan fingerprint density at radius 3 is 2.23 bits per heavy atom. The summed E-state index contributed by atoms with van der Waals surface area (Å²) in [6.07, 6.45) is 4.70. The highest BCUT2D eigenvalue weighted by Gasteiger charge is 2.38. The normalized spacial score (nSPS) is 18.2.